The van der Waals surface area contributed by atoms with Gasteiger partial charge in [-0.1, -0.05) is 33.4 Å². The van der Waals surface area contributed by atoms with Crippen LogP contribution in [0.25, 0.3) is 0 Å². The zero-order valence-electron chi connectivity index (χ0n) is 33.7. The van der Waals surface area contributed by atoms with Crippen LogP contribution in [0.15, 0.2) is 25.3 Å². The Kier molecular flexibility index (Phi) is 33.1. The number of esters is 9. The molecule has 0 spiro atoms. The summed E-state index contributed by atoms with van der Waals surface area (Å²) < 4.78 is 45.8. The van der Waals surface area contributed by atoms with Crippen molar-refractivity contribution in [3.63, 3.8) is 0 Å². The zero-order valence-corrected chi connectivity index (χ0v) is 36.1. The molecule has 0 radical (unpaired) electrons. The van der Waals surface area contributed by atoms with Crippen LogP contribution in [0.2, 0.25) is 0 Å². The zero-order chi connectivity index (χ0) is 44.2. The average molecular weight is 897 g/mol. The average Bonchev–Trinajstić information content (AvgIpc) is 3.23. The van der Waals surface area contributed by atoms with Gasteiger partial charge in [-0.25, -0.2) is 9.59 Å². The van der Waals surface area contributed by atoms with Crippen LogP contribution in [0.4, 0.5) is 0 Å². The third kappa shape index (κ3) is 32.3. The highest BCUT2D eigenvalue weighted by Crippen LogP contribution is 2.25. The van der Waals surface area contributed by atoms with Gasteiger partial charge in [-0.05, 0) is 12.8 Å². The topological polar surface area (TPSA) is 237 Å². The molecule has 0 amide bonds. The van der Waals surface area contributed by atoms with Crippen LogP contribution in [0, 0.1) is 5.41 Å². The van der Waals surface area contributed by atoms with E-state index >= 15 is 0 Å². The van der Waals surface area contributed by atoms with E-state index in [2.05, 4.69) is 13.2 Å². The van der Waals surface area contributed by atoms with Crippen molar-refractivity contribution in [1.29, 1.82) is 0 Å². The predicted octanol–water partition coefficient (Wildman–Crippen LogP) is 3.20. The summed E-state index contributed by atoms with van der Waals surface area (Å²) in [4.78, 5) is 107. The van der Waals surface area contributed by atoms with E-state index in [1.807, 2.05) is 6.92 Å². The minimum atomic E-state index is -1.12. The first kappa shape index (κ1) is 54.8. The number of unbranched alkanes of at least 4 members (excludes halogenated alkanes) is 1. The number of carbonyl (C=O) groups is 9. The molecule has 0 aromatic heterocycles. The molecule has 59 heavy (non-hydrogen) atoms. The van der Waals surface area contributed by atoms with Gasteiger partial charge in [-0.15, -0.1) is 35.3 Å². The van der Waals surface area contributed by atoms with Crippen LogP contribution in [0.3, 0.4) is 0 Å². The molecular formula is C38H56O18S3. The second-order valence-corrected chi connectivity index (χ2v) is 15.3. The van der Waals surface area contributed by atoms with Gasteiger partial charge in [0.05, 0.1) is 41.9 Å². The number of thioether (sulfide) groups is 3. The van der Waals surface area contributed by atoms with Gasteiger partial charge in [0.25, 0.3) is 0 Å². The molecule has 0 aromatic rings. The lowest BCUT2D eigenvalue weighted by molar-refractivity contribution is -0.159. The molecule has 0 atom stereocenters. The number of hydrogen-bond donors (Lipinski definition) is 0. The molecule has 0 saturated carbocycles. The lowest BCUT2D eigenvalue weighted by Crippen LogP contribution is -2.39. The molecule has 0 aliphatic heterocycles. The number of carbonyl (C=O) groups excluding carboxylic acids is 9. The summed E-state index contributed by atoms with van der Waals surface area (Å²) in [7, 11) is 0. The van der Waals surface area contributed by atoms with Crippen molar-refractivity contribution < 1.29 is 85.8 Å². The lowest BCUT2D eigenvalue weighted by atomic mass is 9.88. The van der Waals surface area contributed by atoms with Crippen LogP contribution in [-0.4, -0.2) is 148 Å². The minimum absolute atomic E-state index is 0.00533. The Labute approximate surface area is 357 Å². The van der Waals surface area contributed by atoms with Crippen molar-refractivity contribution >= 4 is 89.0 Å². The lowest BCUT2D eigenvalue weighted by Gasteiger charge is -2.31. The second-order valence-electron chi connectivity index (χ2n) is 12.0. The summed E-state index contributed by atoms with van der Waals surface area (Å²) >= 11 is 3.36. The van der Waals surface area contributed by atoms with E-state index in [4.69, 9.17) is 42.6 Å². The highest BCUT2D eigenvalue weighted by atomic mass is 32.2. The van der Waals surface area contributed by atoms with Gasteiger partial charge in [0.1, 0.15) is 59.5 Å². The standard InChI is InChI=1S/C38H56O18S3/c1-5-9-10-31(41)50-18-19-53-34(44)13-22-59-25-37(47)56-28-38(8-4,26-54-35(45)23-57-20-11-32(42)51-16-14-48-29(39)6-2)27-55-36(46)24-58-21-12-33(43)52-17-15-49-30(40)7-3/h6-7H,2-3,5,8-28H2,1,4H3. The number of rotatable bonds is 36. The van der Waals surface area contributed by atoms with Crippen molar-refractivity contribution in [2.75, 3.05) is 94.0 Å². The molecule has 18 nitrogen and oxygen atoms in total. The van der Waals surface area contributed by atoms with E-state index in [9.17, 15) is 43.2 Å². The van der Waals surface area contributed by atoms with Crippen LogP contribution in [0.1, 0.15) is 58.8 Å². The summed E-state index contributed by atoms with van der Waals surface area (Å²) in [5.41, 5.74) is -1.12. The summed E-state index contributed by atoms with van der Waals surface area (Å²) in [6.45, 7) is 8.77. The molecule has 0 aliphatic carbocycles. The number of hydrogen-bond acceptors (Lipinski definition) is 21. The molecule has 334 valence electrons. The fourth-order valence-electron chi connectivity index (χ4n) is 3.82. The molecule has 0 aliphatic rings. The molecule has 0 N–H and O–H groups in total. The van der Waals surface area contributed by atoms with Gasteiger partial charge in [0.15, 0.2) is 0 Å². The molecule has 0 aromatic carbocycles. The van der Waals surface area contributed by atoms with E-state index in [1.165, 1.54) is 0 Å². The molecule has 0 heterocycles. The first-order chi connectivity index (χ1) is 28.3. The summed E-state index contributed by atoms with van der Waals surface area (Å²) in [6, 6.07) is 0. The Morgan fingerprint density at radius 2 is 0.746 bits per heavy atom. The minimum Gasteiger partial charge on any atom is -0.464 e. The van der Waals surface area contributed by atoms with Gasteiger partial charge < -0.3 is 42.6 Å². The summed E-state index contributed by atoms with van der Waals surface area (Å²) in [5, 5.41) is 0. The van der Waals surface area contributed by atoms with Gasteiger partial charge in [0.2, 0.25) is 0 Å². The SMILES string of the molecule is C=CC(=O)OCCOC(=O)CCSCC(=O)OCC(CC)(COC(=O)CSCCC(=O)OCCOC(=O)C=C)COC(=O)CSCCC(=O)OCCOC(=O)CCCC. The first-order valence-corrected chi connectivity index (χ1v) is 22.2. The largest absolute Gasteiger partial charge is 0.464 e. The Morgan fingerprint density at radius 1 is 0.441 bits per heavy atom. The number of ether oxygens (including phenoxy) is 9. The molecule has 0 fully saturated rings. The van der Waals surface area contributed by atoms with E-state index in [0.717, 1.165) is 53.9 Å². The third-order valence-corrected chi connectivity index (χ3v) is 10.0. The van der Waals surface area contributed by atoms with Gasteiger partial charge in [0, 0.05) is 35.8 Å². The molecule has 0 saturated heterocycles. The summed E-state index contributed by atoms with van der Waals surface area (Å²) in [6.07, 6.45) is 4.08. The highest BCUT2D eigenvalue weighted by molar-refractivity contribution is 8.00. The quantitative estimate of drug-likeness (QED) is 0.0380. The van der Waals surface area contributed by atoms with Gasteiger partial charge in [-0.2, -0.15) is 0 Å². The Balaban J connectivity index is 4.93. The smallest absolute Gasteiger partial charge is 0.330 e. The Hall–Kier alpha value is -4.24. The van der Waals surface area contributed by atoms with Crippen LogP contribution >= 0.6 is 35.3 Å². The Bertz CT molecular complexity index is 1290. The van der Waals surface area contributed by atoms with Crippen molar-refractivity contribution in [2.45, 2.75) is 58.8 Å². The van der Waals surface area contributed by atoms with E-state index in [0.29, 0.717) is 12.8 Å². The van der Waals surface area contributed by atoms with E-state index in [-0.39, 0.29) is 126 Å². The predicted molar refractivity (Wildman–Crippen MR) is 217 cm³/mol. The highest BCUT2D eigenvalue weighted by Gasteiger charge is 2.34. The fraction of sp³-hybridized carbons (Fsp3) is 0.658. The molecule has 0 bridgehead atoms. The van der Waals surface area contributed by atoms with Crippen molar-refractivity contribution in [3.05, 3.63) is 25.3 Å². The summed E-state index contributed by atoms with van der Waals surface area (Å²) in [5.74, 6) is -4.78. The maximum Gasteiger partial charge on any atom is 0.330 e. The van der Waals surface area contributed by atoms with Crippen LogP contribution in [-0.2, 0) is 85.8 Å². The van der Waals surface area contributed by atoms with Gasteiger partial charge in [-0.3, -0.25) is 33.6 Å². The fourth-order valence-corrected chi connectivity index (χ4v) is 5.94. The first-order valence-electron chi connectivity index (χ1n) is 18.7. The molecule has 21 heteroatoms. The monoisotopic (exact) mass is 896 g/mol. The maximum absolute atomic E-state index is 12.6. The molecule has 0 rings (SSSR count). The third-order valence-electron chi connectivity index (χ3n) is 7.24. The Morgan fingerprint density at radius 3 is 1.03 bits per heavy atom. The van der Waals surface area contributed by atoms with E-state index in [1.54, 1.807) is 6.92 Å². The van der Waals surface area contributed by atoms with Crippen LogP contribution < -0.4 is 0 Å². The van der Waals surface area contributed by atoms with Crippen molar-refractivity contribution in [2.24, 2.45) is 5.41 Å². The molecular weight excluding hydrogens is 841 g/mol. The van der Waals surface area contributed by atoms with Crippen molar-refractivity contribution in [1.82, 2.24) is 0 Å². The van der Waals surface area contributed by atoms with Gasteiger partial charge >= 0.3 is 53.7 Å². The van der Waals surface area contributed by atoms with Crippen LogP contribution in [0.5, 0.6) is 0 Å². The molecule has 0 unspecified atom stereocenters. The van der Waals surface area contributed by atoms with Crippen molar-refractivity contribution in [3.8, 4) is 0 Å². The van der Waals surface area contributed by atoms with E-state index < -0.39 is 53.2 Å². The second kappa shape index (κ2) is 35.7. The normalized spacial score (nSPS) is 10.6. The maximum atomic E-state index is 12.6.